The Morgan fingerprint density at radius 1 is 1.12 bits per heavy atom. The molecule has 160 valence electrons. The van der Waals surface area contributed by atoms with Crippen LogP contribution in [0.25, 0.3) is 22.3 Å². The number of nitrogen functional groups attached to an aromatic ring is 1. The number of aromatic nitrogens is 3. The predicted octanol–water partition coefficient (Wildman–Crippen LogP) is 3.65. The Balaban J connectivity index is 1.79. The molecule has 0 fully saturated rings. The van der Waals surface area contributed by atoms with Crippen molar-refractivity contribution in [2.75, 3.05) is 5.84 Å². The molecular weight excluding hydrogens is 428 g/mol. The molecule has 0 bridgehead atoms. The highest BCUT2D eigenvalue weighted by atomic mass is 35.5. The van der Waals surface area contributed by atoms with Crippen molar-refractivity contribution in [3.8, 4) is 22.3 Å². The van der Waals surface area contributed by atoms with Gasteiger partial charge in [-0.1, -0.05) is 41.0 Å². The van der Waals surface area contributed by atoms with E-state index in [-0.39, 0.29) is 6.42 Å². The first kappa shape index (κ1) is 20.0. The van der Waals surface area contributed by atoms with Crippen LogP contribution in [-0.2, 0) is 4.79 Å². The number of hydrogen-bond acceptors (Lipinski definition) is 6. The molecular formula is C23H19ClN6O2. The maximum absolute atomic E-state index is 11.9. The molecule has 5 rings (SSSR count). The molecule has 1 amide bonds. The van der Waals surface area contributed by atoms with Crippen LogP contribution >= 0.6 is 11.6 Å². The summed E-state index contributed by atoms with van der Waals surface area (Å²) >= 11 is 6.12. The molecule has 0 saturated carbocycles. The van der Waals surface area contributed by atoms with Gasteiger partial charge >= 0.3 is 0 Å². The molecule has 8 nitrogen and oxygen atoms in total. The summed E-state index contributed by atoms with van der Waals surface area (Å²) in [5.41, 5.74) is 12.2. The van der Waals surface area contributed by atoms with Gasteiger partial charge in [0.2, 0.25) is 5.91 Å². The zero-order valence-corrected chi connectivity index (χ0v) is 17.9. The number of halogens is 1. The van der Waals surface area contributed by atoms with Crippen molar-refractivity contribution in [3.63, 3.8) is 0 Å². The molecule has 1 atom stereocenters. The summed E-state index contributed by atoms with van der Waals surface area (Å²) in [5, 5.41) is 8.83. The van der Waals surface area contributed by atoms with E-state index < -0.39 is 11.9 Å². The third-order valence-electron chi connectivity index (χ3n) is 5.47. The van der Waals surface area contributed by atoms with Crippen LogP contribution in [0.3, 0.4) is 0 Å². The first-order chi connectivity index (χ1) is 15.4. The van der Waals surface area contributed by atoms with E-state index >= 15 is 0 Å². The smallest absolute Gasteiger partial charge is 0.220 e. The van der Waals surface area contributed by atoms with Gasteiger partial charge in [-0.05, 0) is 36.2 Å². The monoisotopic (exact) mass is 446 g/mol. The van der Waals surface area contributed by atoms with Crippen LogP contribution in [0.2, 0.25) is 5.02 Å². The number of carbonyl (C=O) groups excluding carboxylic acids is 1. The number of aliphatic imine (C=N–C) groups is 1. The zero-order valence-electron chi connectivity index (χ0n) is 17.1. The molecule has 0 spiro atoms. The van der Waals surface area contributed by atoms with Gasteiger partial charge in [0.25, 0.3) is 0 Å². The van der Waals surface area contributed by atoms with Gasteiger partial charge in [0.05, 0.1) is 35.8 Å². The quantitative estimate of drug-likeness (QED) is 0.463. The van der Waals surface area contributed by atoms with Crippen molar-refractivity contribution in [3.05, 3.63) is 82.5 Å². The van der Waals surface area contributed by atoms with Gasteiger partial charge in [-0.15, -0.1) is 0 Å². The molecule has 4 N–H and O–H groups in total. The molecule has 2 aromatic heterocycles. The molecule has 4 aromatic rings. The van der Waals surface area contributed by atoms with Crippen LogP contribution in [-0.4, -0.2) is 26.7 Å². The Hall–Kier alpha value is -3.91. The van der Waals surface area contributed by atoms with Gasteiger partial charge in [0, 0.05) is 21.7 Å². The van der Waals surface area contributed by atoms with E-state index in [4.69, 9.17) is 32.7 Å². The molecule has 2 aromatic carbocycles. The van der Waals surface area contributed by atoms with E-state index in [1.807, 2.05) is 37.3 Å². The Labute approximate surface area is 188 Å². The largest absolute Gasteiger partial charge is 0.370 e. The fraction of sp³-hybridized carbons (Fsp3) is 0.130. The summed E-state index contributed by atoms with van der Waals surface area (Å²) in [4.78, 5) is 18.1. The number of aryl methyl sites for hydroxylation is 1. The van der Waals surface area contributed by atoms with Crippen LogP contribution in [0.5, 0.6) is 0 Å². The Morgan fingerprint density at radius 2 is 1.88 bits per heavy atom. The van der Waals surface area contributed by atoms with E-state index in [9.17, 15) is 4.79 Å². The minimum absolute atomic E-state index is 0.000483. The molecule has 9 heteroatoms. The third-order valence-corrected chi connectivity index (χ3v) is 5.72. The van der Waals surface area contributed by atoms with Crippen LogP contribution in [0.15, 0.2) is 64.4 Å². The van der Waals surface area contributed by atoms with Crippen LogP contribution in [0.4, 0.5) is 0 Å². The molecule has 3 heterocycles. The van der Waals surface area contributed by atoms with Gasteiger partial charge in [-0.3, -0.25) is 9.79 Å². The lowest BCUT2D eigenvalue weighted by atomic mass is 9.90. The van der Waals surface area contributed by atoms with Crippen molar-refractivity contribution in [1.29, 1.82) is 0 Å². The summed E-state index contributed by atoms with van der Waals surface area (Å²) in [5.74, 6) is 5.80. The molecule has 32 heavy (non-hydrogen) atoms. The molecule has 1 aliphatic rings. The highest BCUT2D eigenvalue weighted by molar-refractivity contribution is 6.30. The van der Waals surface area contributed by atoms with Gasteiger partial charge in [0.15, 0.2) is 5.76 Å². The number of hydrogen-bond donors (Lipinski definition) is 2. The van der Waals surface area contributed by atoms with Gasteiger partial charge in [-0.25, -0.2) is 0 Å². The number of amides is 1. The van der Waals surface area contributed by atoms with Crippen LogP contribution in [0.1, 0.15) is 35.0 Å². The second-order valence-corrected chi connectivity index (χ2v) is 8.08. The van der Waals surface area contributed by atoms with Gasteiger partial charge in [0.1, 0.15) is 6.04 Å². The van der Waals surface area contributed by atoms with Gasteiger partial charge in [-0.2, -0.15) is 9.89 Å². The first-order valence-electron chi connectivity index (χ1n) is 9.94. The summed E-state index contributed by atoms with van der Waals surface area (Å²) in [6.07, 6.45) is 3.44. The van der Waals surface area contributed by atoms with Crippen molar-refractivity contribution in [1.82, 2.24) is 15.0 Å². The second kappa shape index (κ2) is 7.65. The molecule has 0 unspecified atom stereocenters. The fourth-order valence-electron chi connectivity index (χ4n) is 4.02. The summed E-state index contributed by atoms with van der Waals surface area (Å²) in [7, 11) is 0. The number of nitrogens with zero attached hydrogens (tertiary/aromatic N) is 4. The lowest BCUT2D eigenvalue weighted by molar-refractivity contribution is -0.118. The highest BCUT2D eigenvalue weighted by Crippen LogP contribution is 2.42. The minimum Gasteiger partial charge on any atom is -0.370 e. The van der Waals surface area contributed by atoms with Crippen molar-refractivity contribution < 1.29 is 9.32 Å². The number of rotatable bonds is 4. The zero-order chi connectivity index (χ0) is 22.4. The van der Waals surface area contributed by atoms with Crippen molar-refractivity contribution in [2.45, 2.75) is 19.4 Å². The maximum atomic E-state index is 11.9. The van der Waals surface area contributed by atoms with Crippen molar-refractivity contribution in [2.24, 2.45) is 10.7 Å². The van der Waals surface area contributed by atoms with Crippen molar-refractivity contribution >= 4 is 23.2 Å². The van der Waals surface area contributed by atoms with E-state index in [1.54, 1.807) is 24.5 Å². The normalized spacial score (nSPS) is 14.9. The lowest BCUT2D eigenvalue weighted by Gasteiger charge is -2.13. The number of primary amides is 1. The van der Waals surface area contributed by atoms with Crippen LogP contribution < -0.4 is 11.6 Å². The number of nitrogens with two attached hydrogens (primary N) is 2. The standard InChI is InChI=1S/C23H19ClN6O2/c1-12-21-17-7-4-14(15-10-27-30(26)11-15)8-18(17)22(13-2-5-16(24)6-3-13)28-19(9-20(25)31)23(21)32-29-12/h2-8,10-11,19H,9,26H2,1H3,(H2,25,31)/t19-/m0/s1. The summed E-state index contributed by atoms with van der Waals surface area (Å²) in [6, 6.07) is 12.8. The lowest BCUT2D eigenvalue weighted by Crippen LogP contribution is -2.15. The fourth-order valence-corrected chi connectivity index (χ4v) is 4.14. The topological polar surface area (TPSA) is 125 Å². The first-order valence-corrected chi connectivity index (χ1v) is 10.3. The number of fused-ring (bicyclic) bond motifs is 3. The highest BCUT2D eigenvalue weighted by Gasteiger charge is 2.31. The molecule has 0 radical (unpaired) electrons. The Morgan fingerprint density at radius 3 is 2.56 bits per heavy atom. The van der Waals surface area contributed by atoms with Crippen LogP contribution in [0, 0.1) is 6.92 Å². The average Bonchev–Trinajstić information content (AvgIpc) is 3.33. The SMILES string of the molecule is Cc1noc2c1-c1ccc(-c3cnn(N)c3)cc1C(c1ccc(Cl)cc1)=N[C@H]2CC(N)=O. The van der Waals surface area contributed by atoms with E-state index in [2.05, 4.69) is 10.3 Å². The van der Waals surface area contributed by atoms with Gasteiger partial charge < -0.3 is 16.1 Å². The minimum atomic E-state index is -0.600. The molecule has 0 aliphatic carbocycles. The molecule has 0 saturated heterocycles. The number of carbonyl (C=O) groups is 1. The van der Waals surface area contributed by atoms with E-state index in [0.29, 0.717) is 22.2 Å². The molecule has 1 aliphatic heterocycles. The second-order valence-electron chi connectivity index (χ2n) is 7.65. The Kier molecular flexibility index (Phi) is 4.79. The third kappa shape index (κ3) is 3.44. The summed E-state index contributed by atoms with van der Waals surface area (Å²) in [6.45, 7) is 1.87. The Bertz CT molecular complexity index is 1370. The average molecular weight is 447 g/mol. The van der Waals surface area contributed by atoms with E-state index in [1.165, 1.54) is 4.79 Å². The predicted molar refractivity (Wildman–Crippen MR) is 122 cm³/mol. The summed E-state index contributed by atoms with van der Waals surface area (Å²) < 4.78 is 5.64. The van der Waals surface area contributed by atoms with E-state index in [0.717, 1.165) is 33.4 Å². The number of benzene rings is 2. The maximum Gasteiger partial charge on any atom is 0.220 e.